The van der Waals surface area contributed by atoms with Crippen molar-refractivity contribution in [3.8, 4) is 0 Å². The van der Waals surface area contributed by atoms with E-state index in [1.54, 1.807) is 0 Å². The summed E-state index contributed by atoms with van der Waals surface area (Å²) < 4.78 is 41.1. The largest absolute Gasteiger partial charge is 0.393 e. The lowest BCUT2D eigenvalue weighted by molar-refractivity contribution is -0.126. The zero-order valence-corrected chi connectivity index (χ0v) is 12.8. The molecule has 0 bridgehead atoms. The van der Waals surface area contributed by atoms with Crippen molar-refractivity contribution in [3.63, 3.8) is 0 Å². The highest BCUT2D eigenvalue weighted by atomic mass is 35.5. The first kappa shape index (κ1) is 18.3. The lowest BCUT2D eigenvalue weighted by atomic mass is 10.2. The average Bonchev–Trinajstić information content (AvgIpc) is 2.22. The minimum atomic E-state index is -4.37. The van der Waals surface area contributed by atoms with Crippen molar-refractivity contribution in [1.29, 1.82) is 0 Å². The molecule has 0 aromatic heterocycles. The first-order chi connectivity index (χ1) is 8.46. The number of alkyl halides is 3. The number of halogens is 4. The summed E-state index contributed by atoms with van der Waals surface area (Å²) in [6.45, 7) is 8.92. The Bertz CT molecular complexity index is 372. The van der Waals surface area contributed by atoms with Crippen molar-refractivity contribution in [2.45, 2.75) is 38.1 Å². The van der Waals surface area contributed by atoms with E-state index in [-0.39, 0.29) is 15.5 Å². The molecule has 0 unspecified atom stereocenters. The molecule has 0 saturated heterocycles. The van der Waals surface area contributed by atoms with Crippen molar-refractivity contribution in [2.24, 2.45) is 9.50 Å². The minimum absolute atomic E-state index is 0.148. The summed E-state index contributed by atoms with van der Waals surface area (Å²) in [6, 6.07) is 0. The van der Waals surface area contributed by atoms with E-state index in [2.05, 4.69) is 16.2 Å². The highest BCUT2D eigenvalue weighted by Gasteiger charge is 2.30. The predicted molar refractivity (Wildman–Crippen MR) is 76.7 cm³/mol. The van der Waals surface area contributed by atoms with Crippen LogP contribution in [0.1, 0.15) is 27.2 Å². The number of hydrogen-bond acceptors (Lipinski definition) is 4. The molecule has 0 saturated carbocycles. The molecule has 0 heterocycles. The van der Waals surface area contributed by atoms with Crippen molar-refractivity contribution < 1.29 is 13.2 Å². The fourth-order valence-electron chi connectivity index (χ4n) is 0.906. The minimum Gasteiger partial charge on any atom is -0.257 e. The van der Waals surface area contributed by atoms with Crippen LogP contribution in [0.3, 0.4) is 0 Å². The second kappa shape index (κ2) is 7.19. The summed E-state index contributed by atoms with van der Waals surface area (Å²) in [5.41, 5.74) is -0.152. The van der Waals surface area contributed by atoms with E-state index >= 15 is 0 Å². The second-order valence-electron chi connectivity index (χ2n) is 4.71. The Kier molecular flexibility index (Phi) is 6.93. The van der Waals surface area contributed by atoms with Crippen LogP contribution in [0.5, 0.6) is 0 Å². The molecule has 0 radical (unpaired) electrons. The molecule has 3 nitrogen and oxygen atoms in total. The van der Waals surface area contributed by atoms with E-state index in [0.717, 1.165) is 11.2 Å². The predicted octanol–water partition coefficient (Wildman–Crippen LogP) is 4.45. The van der Waals surface area contributed by atoms with E-state index in [4.69, 9.17) is 11.6 Å². The van der Waals surface area contributed by atoms with Gasteiger partial charge in [-0.25, -0.2) is 4.40 Å². The quantitative estimate of drug-likeness (QED) is 0.324. The third-order valence-corrected chi connectivity index (χ3v) is 2.93. The monoisotopic (exact) mass is 315 g/mol. The SMILES string of the molecule is C=NN(C)/C(Cl)=C(/C=N/SC(C)(C)C)CC(F)(F)F. The summed E-state index contributed by atoms with van der Waals surface area (Å²) in [6.07, 6.45) is -4.41. The van der Waals surface area contributed by atoms with Gasteiger partial charge in [-0.3, -0.25) is 5.01 Å². The van der Waals surface area contributed by atoms with Gasteiger partial charge in [-0.2, -0.15) is 18.3 Å². The summed E-state index contributed by atoms with van der Waals surface area (Å²) in [5, 5.41) is 4.37. The Hall–Kier alpha value is -0.690. The standard InChI is InChI=1S/C11H17ClF3N3S/c1-10(2,3)19-17-7-8(6-11(13,14)15)9(12)18(5)16-4/h7H,4,6H2,1-3,5H3/b9-8+,17-7+. The fourth-order valence-corrected chi connectivity index (χ4v) is 1.57. The normalized spacial score (nSPS) is 14.5. The number of nitrogens with zero attached hydrogens (tertiary/aromatic N) is 3. The van der Waals surface area contributed by atoms with E-state index in [1.807, 2.05) is 20.8 Å². The van der Waals surface area contributed by atoms with Gasteiger partial charge in [0.25, 0.3) is 0 Å². The van der Waals surface area contributed by atoms with Gasteiger partial charge in [-0.15, -0.1) is 0 Å². The maximum absolute atomic E-state index is 12.5. The molecule has 8 heteroatoms. The molecule has 0 aromatic rings. The van der Waals surface area contributed by atoms with Crippen LogP contribution in [0.2, 0.25) is 0 Å². The molecule has 0 amide bonds. The smallest absolute Gasteiger partial charge is 0.257 e. The Labute approximate surface area is 120 Å². The van der Waals surface area contributed by atoms with Gasteiger partial charge >= 0.3 is 6.18 Å². The summed E-state index contributed by atoms with van der Waals surface area (Å²) in [4.78, 5) is 0. The van der Waals surface area contributed by atoms with Crippen LogP contribution in [-0.2, 0) is 0 Å². The lowest BCUT2D eigenvalue weighted by Gasteiger charge is -2.16. The lowest BCUT2D eigenvalue weighted by Crippen LogP contribution is -2.15. The summed E-state index contributed by atoms with van der Waals surface area (Å²) >= 11 is 6.99. The molecule has 0 aliphatic carbocycles. The van der Waals surface area contributed by atoms with Crippen LogP contribution < -0.4 is 0 Å². The van der Waals surface area contributed by atoms with E-state index in [0.29, 0.717) is 0 Å². The summed E-state index contributed by atoms with van der Waals surface area (Å²) in [7, 11) is 1.41. The third kappa shape index (κ3) is 8.93. The number of rotatable bonds is 5. The van der Waals surface area contributed by atoms with Gasteiger partial charge < -0.3 is 0 Å². The van der Waals surface area contributed by atoms with E-state index in [9.17, 15) is 13.2 Å². The third-order valence-electron chi connectivity index (χ3n) is 1.69. The Morgan fingerprint density at radius 2 is 1.89 bits per heavy atom. The molecule has 0 rings (SSSR count). The van der Waals surface area contributed by atoms with Crippen LogP contribution in [0.25, 0.3) is 0 Å². The average molecular weight is 316 g/mol. The molecule has 0 aliphatic heterocycles. The fraction of sp³-hybridized carbons (Fsp3) is 0.636. The van der Waals surface area contributed by atoms with Crippen molar-refractivity contribution in [2.75, 3.05) is 7.05 Å². The Morgan fingerprint density at radius 3 is 2.26 bits per heavy atom. The van der Waals surface area contributed by atoms with Gasteiger partial charge in [0.05, 0.1) is 6.42 Å². The number of hydrogen-bond donors (Lipinski definition) is 0. The Morgan fingerprint density at radius 1 is 1.37 bits per heavy atom. The molecule has 110 valence electrons. The molecule has 19 heavy (non-hydrogen) atoms. The molecule has 0 fully saturated rings. The first-order valence-electron chi connectivity index (χ1n) is 5.33. The molecule has 0 atom stereocenters. The highest BCUT2D eigenvalue weighted by Crippen LogP contribution is 2.29. The van der Waals surface area contributed by atoms with E-state index < -0.39 is 12.6 Å². The van der Waals surface area contributed by atoms with Gasteiger partial charge in [-0.05, 0) is 32.7 Å². The van der Waals surface area contributed by atoms with Crippen molar-refractivity contribution in [3.05, 3.63) is 10.7 Å². The second-order valence-corrected chi connectivity index (χ2v) is 6.69. The molecular formula is C11H17ClF3N3S. The van der Waals surface area contributed by atoms with Crippen LogP contribution in [0.15, 0.2) is 20.2 Å². The Balaban J connectivity index is 5.14. The molecule has 0 spiro atoms. The van der Waals surface area contributed by atoms with Crippen LogP contribution in [-0.4, -0.2) is 35.9 Å². The molecular weight excluding hydrogens is 299 g/mol. The molecule has 0 N–H and O–H groups in total. The number of allylic oxidation sites excluding steroid dienone is 1. The maximum atomic E-state index is 12.5. The van der Waals surface area contributed by atoms with Gasteiger partial charge in [0.1, 0.15) is 5.16 Å². The maximum Gasteiger partial charge on any atom is 0.393 e. The first-order valence-corrected chi connectivity index (χ1v) is 6.49. The number of hydrazone groups is 1. The van der Waals surface area contributed by atoms with Crippen LogP contribution in [0.4, 0.5) is 13.2 Å². The molecule has 0 aliphatic rings. The van der Waals surface area contributed by atoms with Crippen molar-refractivity contribution in [1.82, 2.24) is 5.01 Å². The van der Waals surface area contributed by atoms with Gasteiger partial charge in [0.15, 0.2) is 0 Å². The topological polar surface area (TPSA) is 28.0 Å². The summed E-state index contributed by atoms with van der Waals surface area (Å²) in [5.74, 6) is 0. The molecule has 0 aromatic carbocycles. The van der Waals surface area contributed by atoms with Crippen molar-refractivity contribution >= 4 is 36.5 Å². The van der Waals surface area contributed by atoms with Gasteiger partial charge in [0, 0.05) is 30.3 Å². The zero-order valence-electron chi connectivity index (χ0n) is 11.3. The van der Waals surface area contributed by atoms with Crippen LogP contribution in [0, 0.1) is 0 Å². The van der Waals surface area contributed by atoms with Gasteiger partial charge in [0.2, 0.25) is 0 Å². The van der Waals surface area contributed by atoms with Gasteiger partial charge in [-0.1, -0.05) is 11.6 Å². The van der Waals surface area contributed by atoms with Crippen LogP contribution >= 0.6 is 23.5 Å². The zero-order chi connectivity index (χ0) is 15.3. The van der Waals surface area contributed by atoms with E-state index in [1.165, 1.54) is 19.0 Å². The highest BCUT2D eigenvalue weighted by molar-refractivity contribution is 7.99.